The number of ether oxygens (including phenoxy) is 1. The maximum atomic E-state index is 12.0. The molecule has 0 aliphatic heterocycles. The van der Waals surface area contributed by atoms with Crippen LogP contribution < -0.4 is 15.5 Å². The predicted octanol–water partition coefficient (Wildman–Crippen LogP) is 2.71. The molecule has 6 heteroatoms. The zero-order valence-electron chi connectivity index (χ0n) is 11.9. The third-order valence-electron chi connectivity index (χ3n) is 2.78. The number of carbonyl (C=O) groups excluding carboxylic acids is 1. The Labute approximate surface area is 127 Å². The molecule has 0 aliphatic carbocycles. The highest BCUT2D eigenvalue weighted by atomic mass is 32.1. The van der Waals surface area contributed by atoms with E-state index >= 15 is 0 Å². The van der Waals surface area contributed by atoms with Gasteiger partial charge in [0.15, 0.2) is 0 Å². The second-order valence-corrected chi connectivity index (χ2v) is 5.30. The SMILES string of the molecule is COc1ccccc1N[C@@H](C)C(=O)N/N=C\c1cccs1. The van der Waals surface area contributed by atoms with Crippen molar-refractivity contribution in [3.05, 3.63) is 46.7 Å². The first kappa shape index (κ1) is 15.1. The molecular formula is C15H17N3O2S. The molecule has 0 saturated carbocycles. The summed E-state index contributed by atoms with van der Waals surface area (Å²) >= 11 is 1.56. The van der Waals surface area contributed by atoms with E-state index in [9.17, 15) is 4.79 Å². The molecule has 0 aliphatic rings. The van der Waals surface area contributed by atoms with Crippen LogP contribution in [0.5, 0.6) is 5.75 Å². The van der Waals surface area contributed by atoms with Crippen molar-refractivity contribution in [2.24, 2.45) is 5.10 Å². The number of nitrogens with one attached hydrogen (secondary N) is 2. The highest BCUT2D eigenvalue weighted by Crippen LogP contribution is 2.23. The number of rotatable bonds is 6. The average molecular weight is 303 g/mol. The standard InChI is InChI=1S/C15H17N3O2S/c1-11(17-13-7-3-4-8-14(13)20-2)15(19)18-16-10-12-6-5-9-21-12/h3-11,17H,1-2H3,(H,18,19)/b16-10-/t11-/m0/s1. The van der Waals surface area contributed by atoms with E-state index in [-0.39, 0.29) is 5.91 Å². The van der Waals surface area contributed by atoms with Crippen molar-refractivity contribution in [3.8, 4) is 5.75 Å². The van der Waals surface area contributed by atoms with Crippen molar-refractivity contribution in [2.75, 3.05) is 12.4 Å². The van der Waals surface area contributed by atoms with Crippen molar-refractivity contribution >= 4 is 29.1 Å². The highest BCUT2D eigenvalue weighted by Gasteiger charge is 2.13. The van der Waals surface area contributed by atoms with Gasteiger partial charge in [-0.05, 0) is 30.5 Å². The molecule has 1 amide bonds. The summed E-state index contributed by atoms with van der Waals surface area (Å²) in [6, 6.07) is 10.9. The molecule has 0 spiro atoms. The van der Waals surface area contributed by atoms with Crippen LogP contribution in [0, 0.1) is 0 Å². The van der Waals surface area contributed by atoms with Crippen molar-refractivity contribution in [1.82, 2.24) is 5.43 Å². The molecule has 1 aromatic heterocycles. The van der Waals surface area contributed by atoms with E-state index in [1.54, 1.807) is 31.6 Å². The first-order valence-electron chi connectivity index (χ1n) is 6.46. The molecule has 0 unspecified atom stereocenters. The van der Waals surface area contributed by atoms with Crippen molar-refractivity contribution in [2.45, 2.75) is 13.0 Å². The van der Waals surface area contributed by atoms with E-state index in [0.717, 1.165) is 10.6 Å². The third-order valence-corrected chi connectivity index (χ3v) is 3.59. The van der Waals surface area contributed by atoms with Gasteiger partial charge in [-0.1, -0.05) is 18.2 Å². The van der Waals surface area contributed by atoms with Crippen LogP contribution in [0.1, 0.15) is 11.8 Å². The van der Waals surface area contributed by atoms with Crippen molar-refractivity contribution < 1.29 is 9.53 Å². The van der Waals surface area contributed by atoms with Gasteiger partial charge in [-0.3, -0.25) is 4.79 Å². The van der Waals surface area contributed by atoms with E-state index in [4.69, 9.17) is 4.74 Å². The van der Waals surface area contributed by atoms with Crippen LogP contribution in [0.4, 0.5) is 5.69 Å². The fourth-order valence-corrected chi connectivity index (χ4v) is 2.27. The molecule has 1 aromatic carbocycles. The van der Waals surface area contributed by atoms with Crippen LogP contribution in [0.25, 0.3) is 0 Å². The van der Waals surface area contributed by atoms with Crippen molar-refractivity contribution in [1.29, 1.82) is 0 Å². The molecule has 2 aromatic rings. The normalized spacial score (nSPS) is 12.1. The third kappa shape index (κ3) is 4.32. The minimum Gasteiger partial charge on any atom is -0.495 e. The Morgan fingerprint density at radius 3 is 2.86 bits per heavy atom. The first-order chi connectivity index (χ1) is 10.2. The summed E-state index contributed by atoms with van der Waals surface area (Å²) in [5.74, 6) is 0.480. The Balaban J connectivity index is 1.90. The molecule has 1 atom stereocenters. The number of benzene rings is 1. The van der Waals surface area contributed by atoms with Gasteiger partial charge in [0.05, 0.1) is 19.0 Å². The average Bonchev–Trinajstić information content (AvgIpc) is 3.01. The molecule has 2 rings (SSSR count). The molecule has 110 valence electrons. The van der Waals surface area contributed by atoms with Crippen molar-refractivity contribution in [3.63, 3.8) is 0 Å². The lowest BCUT2D eigenvalue weighted by molar-refractivity contribution is -0.121. The number of hydrogen-bond donors (Lipinski definition) is 2. The fourth-order valence-electron chi connectivity index (χ4n) is 1.68. The lowest BCUT2D eigenvalue weighted by Crippen LogP contribution is -2.35. The number of para-hydroxylation sites is 2. The molecule has 5 nitrogen and oxygen atoms in total. The zero-order chi connectivity index (χ0) is 15.1. The number of anilines is 1. The van der Waals surface area contributed by atoms with Gasteiger partial charge in [-0.25, -0.2) is 5.43 Å². The van der Waals surface area contributed by atoms with Gasteiger partial charge in [0.2, 0.25) is 0 Å². The second-order valence-electron chi connectivity index (χ2n) is 4.32. The number of hydrazone groups is 1. The summed E-state index contributed by atoms with van der Waals surface area (Å²) in [5.41, 5.74) is 3.28. The minimum absolute atomic E-state index is 0.214. The van der Waals surface area contributed by atoms with Crippen LogP contribution in [0.2, 0.25) is 0 Å². The van der Waals surface area contributed by atoms with E-state index in [0.29, 0.717) is 5.75 Å². The first-order valence-corrected chi connectivity index (χ1v) is 7.34. The number of hydrogen-bond acceptors (Lipinski definition) is 5. The number of thiophene rings is 1. The molecule has 2 N–H and O–H groups in total. The smallest absolute Gasteiger partial charge is 0.262 e. The Hall–Kier alpha value is -2.34. The lowest BCUT2D eigenvalue weighted by atomic mass is 10.2. The molecule has 0 fully saturated rings. The van der Waals surface area contributed by atoms with Gasteiger partial charge < -0.3 is 10.1 Å². The van der Waals surface area contributed by atoms with E-state index in [1.165, 1.54) is 0 Å². The van der Waals surface area contributed by atoms with Gasteiger partial charge in [0.1, 0.15) is 11.8 Å². The van der Waals surface area contributed by atoms with Crippen LogP contribution in [0.3, 0.4) is 0 Å². The maximum Gasteiger partial charge on any atom is 0.262 e. The predicted molar refractivity (Wildman–Crippen MR) is 86.1 cm³/mol. The van der Waals surface area contributed by atoms with E-state index in [2.05, 4.69) is 15.8 Å². The van der Waals surface area contributed by atoms with Crippen LogP contribution in [0.15, 0.2) is 46.9 Å². The molecule has 0 saturated heterocycles. The van der Waals surface area contributed by atoms with E-state index in [1.807, 2.05) is 41.8 Å². The van der Waals surface area contributed by atoms with Gasteiger partial charge in [-0.15, -0.1) is 11.3 Å². The fraction of sp³-hybridized carbons (Fsp3) is 0.200. The summed E-state index contributed by atoms with van der Waals surface area (Å²) < 4.78 is 5.23. The summed E-state index contributed by atoms with van der Waals surface area (Å²) in [6.07, 6.45) is 1.62. The largest absolute Gasteiger partial charge is 0.495 e. The highest BCUT2D eigenvalue weighted by molar-refractivity contribution is 7.11. The minimum atomic E-state index is -0.429. The summed E-state index contributed by atoms with van der Waals surface area (Å²) in [4.78, 5) is 12.9. The topological polar surface area (TPSA) is 62.7 Å². The Morgan fingerprint density at radius 2 is 2.14 bits per heavy atom. The number of amides is 1. The molecule has 1 heterocycles. The monoisotopic (exact) mass is 303 g/mol. The molecular weight excluding hydrogens is 286 g/mol. The Bertz CT molecular complexity index is 611. The summed E-state index contributed by atoms with van der Waals surface area (Å²) in [7, 11) is 1.59. The van der Waals surface area contributed by atoms with Crippen LogP contribution in [-0.2, 0) is 4.79 Å². The van der Waals surface area contributed by atoms with Gasteiger partial charge in [0.25, 0.3) is 5.91 Å². The quantitative estimate of drug-likeness (QED) is 0.637. The Morgan fingerprint density at radius 1 is 1.33 bits per heavy atom. The second kappa shape index (κ2) is 7.44. The van der Waals surface area contributed by atoms with Gasteiger partial charge in [0, 0.05) is 4.88 Å². The van der Waals surface area contributed by atoms with Crippen LogP contribution in [-0.4, -0.2) is 25.3 Å². The van der Waals surface area contributed by atoms with Crippen LogP contribution >= 0.6 is 11.3 Å². The van der Waals surface area contributed by atoms with Gasteiger partial charge in [-0.2, -0.15) is 5.10 Å². The number of methoxy groups -OCH3 is 1. The number of carbonyl (C=O) groups is 1. The number of nitrogens with zero attached hydrogens (tertiary/aromatic N) is 1. The summed E-state index contributed by atoms with van der Waals surface area (Å²) in [5, 5.41) is 8.98. The van der Waals surface area contributed by atoms with E-state index < -0.39 is 6.04 Å². The molecule has 0 radical (unpaired) electrons. The molecule has 21 heavy (non-hydrogen) atoms. The lowest BCUT2D eigenvalue weighted by Gasteiger charge is -2.15. The van der Waals surface area contributed by atoms with Gasteiger partial charge >= 0.3 is 0 Å². The maximum absolute atomic E-state index is 12.0. The molecule has 0 bridgehead atoms. The Kier molecular flexibility index (Phi) is 5.34. The zero-order valence-corrected chi connectivity index (χ0v) is 12.7. The summed E-state index contributed by atoms with van der Waals surface area (Å²) in [6.45, 7) is 1.77.